The van der Waals surface area contributed by atoms with Crippen LogP contribution in [-0.2, 0) is 0 Å². The molecule has 0 spiro atoms. The third-order valence-electron chi connectivity index (χ3n) is 2.52. The Bertz CT molecular complexity index is 613. The van der Waals surface area contributed by atoms with Gasteiger partial charge in [-0.2, -0.15) is 0 Å². The van der Waals surface area contributed by atoms with Crippen LogP contribution < -0.4 is 4.74 Å². The van der Waals surface area contributed by atoms with Crippen LogP contribution in [0.2, 0.25) is 0 Å². The molecule has 88 valence electrons. The van der Waals surface area contributed by atoms with Crippen molar-refractivity contribution in [3.8, 4) is 5.75 Å². The summed E-state index contributed by atoms with van der Waals surface area (Å²) < 4.78 is 18.8. The number of non-ortho nitro benzene ring substituents is 1. The molecule has 0 saturated heterocycles. The van der Waals surface area contributed by atoms with Crippen molar-refractivity contribution in [1.82, 2.24) is 4.98 Å². The first-order chi connectivity index (χ1) is 8.06. The summed E-state index contributed by atoms with van der Waals surface area (Å²) in [5, 5.41) is 11.0. The molecule has 0 N–H and O–H groups in total. The molecule has 1 aromatic heterocycles. The lowest BCUT2D eigenvalue weighted by Crippen LogP contribution is -1.98. The number of rotatable bonds is 2. The van der Waals surface area contributed by atoms with Crippen LogP contribution in [0.5, 0.6) is 5.75 Å². The van der Waals surface area contributed by atoms with Crippen LogP contribution in [0.25, 0.3) is 10.9 Å². The van der Waals surface area contributed by atoms with Crippen LogP contribution in [0.1, 0.15) is 5.56 Å². The number of halogens is 1. The molecule has 0 unspecified atom stereocenters. The van der Waals surface area contributed by atoms with E-state index in [1.54, 1.807) is 13.0 Å². The molecule has 0 saturated carbocycles. The molecule has 0 atom stereocenters. The number of methoxy groups -OCH3 is 1. The number of nitrogens with zero attached hydrogens (tertiary/aromatic N) is 2. The Morgan fingerprint density at radius 3 is 2.82 bits per heavy atom. The highest BCUT2D eigenvalue weighted by molar-refractivity contribution is 5.91. The van der Waals surface area contributed by atoms with Crippen LogP contribution in [0.3, 0.4) is 0 Å². The van der Waals surface area contributed by atoms with Gasteiger partial charge in [0.05, 0.1) is 18.1 Å². The van der Waals surface area contributed by atoms with E-state index in [4.69, 9.17) is 4.74 Å². The van der Waals surface area contributed by atoms with Crippen molar-refractivity contribution in [1.29, 1.82) is 0 Å². The number of benzene rings is 1. The van der Waals surface area contributed by atoms with E-state index in [-0.39, 0.29) is 22.3 Å². The Labute approximate surface area is 96.0 Å². The van der Waals surface area contributed by atoms with E-state index >= 15 is 0 Å². The van der Waals surface area contributed by atoms with E-state index in [2.05, 4.69) is 4.98 Å². The van der Waals surface area contributed by atoms with Gasteiger partial charge in [-0.25, -0.2) is 9.37 Å². The van der Waals surface area contributed by atoms with Gasteiger partial charge in [-0.1, -0.05) is 0 Å². The lowest BCUT2D eigenvalue weighted by Gasteiger charge is -2.07. The fraction of sp³-hybridized carbons (Fsp3) is 0.182. The summed E-state index contributed by atoms with van der Waals surface area (Å²) in [5.41, 5.74) is 0.352. The zero-order valence-electron chi connectivity index (χ0n) is 9.23. The van der Waals surface area contributed by atoms with Crippen molar-refractivity contribution in [2.45, 2.75) is 6.92 Å². The fourth-order valence-corrected chi connectivity index (χ4v) is 1.70. The van der Waals surface area contributed by atoms with Crippen LogP contribution in [0, 0.1) is 22.9 Å². The third-order valence-corrected chi connectivity index (χ3v) is 2.52. The van der Waals surface area contributed by atoms with Gasteiger partial charge in [-0.05, 0) is 18.6 Å². The van der Waals surface area contributed by atoms with Crippen molar-refractivity contribution in [2.75, 3.05) is 7.11 Å². The number of fused-ring (bicyclic) bond motifs is 1. The number of ether oxygens (including phenoxy) is 1. The second kappa shape index (κ2) is 3.97. The fourth-order valence-electron chi connectivity index (χ4n) is 1.70. The van der Waals surface area contributed by atoms with Gasteiger partial charge in [0, 0.05) is 11.6 Å². The summed E-state index contributed by atoms with van der Waals surface area (Å²) in [6.45, 7) is 1.66. The van der Waals surface area contributed by atoms with Gasteiger partial charge in [0.1, 0.15) is 0 Å². The summed E-state index contributed by atoms with van der Waals surface area (Å²) in [7, 11) is 1.26. The number of nitro groups is 1. The zero-order chi connectivity index (χ0) is 12.6. The number of nitro benzene ring substituents is 1. The predicted octanol–water partition coefficient (Wildman–Crippen LogP) is 2.60. The lowest BCUT2D eigenvalue weighted by atomic mass is 10.1. The Balaban J connectivity index is 2.97. The minimum absolute atomic E-state index is 0.0355. The number of hydrogen-bond acceptors (Lipinski definition) is 4. The number of pyridine rings is 1. The molecule has 6 heteroatoms. The second-order valence-corrected chi connectivity index (χ2v) is 3.52. The predicted molar refractivity (Wildman–Crippen MR) is 59.6 cm³/mol. The van der Waals surface area contributed by atoms with E-state index in [0.717, 1.165) is 6.07 Å². The molecule has 2 rings (SSSR count). The van der Waals surface area contributed by atoms with Crippen LogP contribution in [0.4, 0.5) is 10.1 Å². The SMILES string of the molecule is COc1cc([N+](=O)[O-])c2nccc(C)c2c1F. The van der Waals surface area contributed by atoms with Gasteiger partial charge in [0.25, 0.3) is 5.69 Å². The average Bonchev–Trinajstić information content (AvgIpc) is 2.29. The molecule has 0 amide bonds. The van der Waals surface area contributed by atoms with Crippen LogP contribution >= 0.6 is 0 Å². The molecule has 0 bridgehead atoms. The number of aromatic nitrogens is 1. The van der Waals surface area contributed by atoms with E-state index in [1.165, 1.54) is 13.3 Å². The second-order valence-electron chi connectivity index (χ2n) is 3.52. The van der Waals surface area contributed by atoms with E-state index in [0.29, 0.717) is 5.56 Å². The minimum atomic E-state index is -0.626. The Morgan fingerprint density at radius 2 is 2.24 bits per heavy atom. The molecule has 1 heterocycles. The maximum Gasteiger partial charge on any atom is 0.299 e. The zero-order valence-corrected chi connectivity index (χ0v) is 9.23. The van der Waals surface area contributed by atoms with Crippen LogP contribution in [-0.4, -0.2) is 17.0 Å². The van der Waals surface area contributed by atoms with Gasteiger partial charge in [0.2, 0.25) is 0 Å². The first-order valence-electron chi connectivity index (χ1n) is 4.82. The third kappa shape index (κ3) is 1.67. The topological polar surface area (TPSA) is 65.3 Å². The standard InChI is InChI=1S/C11H9FN2O3/c1-6-3-4-13-11-7(14(15)16)5-8(17-2)10(12)9(6)11/h3-5H,1-2H3. The van der Waals surface area contributed by atoms with E-state index in [9.17, 15) is 14.5 Å². The summed E-state index contributed by atoms with van der Waals surface area (Å²) in [6.07, 6.45) is 1.41. The van der Waals surface area contributed by atoms with Gasteiger partial charge in [0.15, 0.2) is 17.1 Å². The lowest BCUT2D eigenvalue weighted by molar-refractivity contribution is -0.383. The molecule has 0 aliphatic heterocycles. The molecule has 0 aliphatic carbocycles. The molecule has 0 aliphatic rings. The first-order valence-corrected chi connectivity index (χ1v) is 4.82. The van der Waals surface area contributed by atoms with E-state index in [1.807, 2.05) is 0 Å². The summed E-state index contributed by atoms with van der Waals surface area (Å²) >= 11 is 0. The Morgan fingerprint density at radius 1 is 1.53 bits per heavy atom. The molecular formula is C11H9FN2O3. The summed E-state index contributed by atoms with van der Waals surface area (Å²) in [6, 6.07) is 2.64. The van der Waals surface area contributed by atoms with E-state index < -0.39 is 10.7 Å². The largest absolute Gasteiger partial charge is 0.493 e. The van der Waals surface area contributed by atoms with Crippen molar-refractivity contribution >= 4 is 16.6 Å². The first kappa shape index (κ1) is 11.3. The molecule has 17 heavy (non-hydrogen) atoms. The van der Waals surface area contributed by atoms with Crippen molar-refractivity contribution in [3.63, 3.8) is 0 Å². The number of aryl methyl sites for hydroxylation is 1. The molecule has 2 aromatic rings. The van der Waals surface area contributed by atoms with Gasteiger partial charge in [-0.3, -0.25) is 10.1 Å². The van der Waals surface area contributed by atoms with Gasteiger partial charge >= 0.3 is 0 Å². The summed E-state index contributed by atoms with van der Waals surface area (Å²) in [5.74, 6) is -0.779. The highest BCUT2D eigenvalue weighted by atomic mass is 19.1. The maximum absolute atomic E-state index is 14.0. The Kier molecular flexibility index (Phi) is 2.63. The molecule has 0 fully saturated rings. The van der Waals surface area contributed by atoms with Crippen molar-refractivity contribution < 1.29 is 14.1 Å². The quantitative estimate of drug-likeness (QED) is 0.593. The van der Waals surface area contributed by atoms with Crippen LogP contribution in [0.15, 0.2) is 18.3 Å². The van der Waals surface area contributed by atoms with Crippen molar-refractivity contribution in [2.24, 2.45) is 0 Å². The monoisotopic (exact) mass is 236 g/mol. The number of hydrogen-bond donors (Lipinski definition) is 0. The van der Waals surface area contributed by atoms with Crippen molar-refractivity contribution in [3.05, 3.63) is 39.8 Å². The molecule has 0 radical (unpaired) electrons. The smallest absolute Gasteiger partial charge is 0.299 e. The molecule has 1 aromatic carbocycles. The minimum Gasteiger partial charge on any atom is -0.493 e. The van der Waals surface area contributed by atoms with Gasteiger partial charge in [-0.15, -0.1) is 0 Å². The molecule has 5 nitrogen and oxygen atoms in total. The normalized spacial score (nSPS) is 10.5. The highest BCUT2D eigenvalue weighted by Gasteiger charge is 2.21. The van der Waals surface area contributed by atoms with Gasteiger partial charge < -0.3 is 4.74 Å². The Hall–Kier alpha value is -2.24. The summed E-state index contributed by atoms with van der Waals surface area (Å²) in [4.78, 5) is 14.2. The maximum atomic E-state index is 14.0. The highest BCUT2D eigenvalue weighted by Crippen LogP contribution is 2.34. The molecular weight excluding hydrogens is 227 g/mol. The average molecular weight is 236 g/mol.